The monoisotopic (exact) mass is 175 g/mol. The standard InChI is InChI=1S/C12H17N/c1-10-9-12(7-8-13-10)11-5-3-2-4-6-11/h2-6,10,12-13H,7-9H2,1H3/t10-,12-/m1/s1. The van der Waals surface area contributed by atoms with E-state index < -0.39 is 0 Å². The third kappa shape index (κ3) is 2.10. The van der Waals surface area contributed by atoms with E-state index in [0.29, 0.717) is 6.04 Å². The van der Waals surface area contributed by atoms with Crippen molar-refractivity contribution in [3.05, 3.63) is 35.9 Å². The van der Waals surface area contributed by atoms with Crippen molar-refractivity contribution in [1.29, 1.82) is 0 Å². The Hall–Kier alpha value is -0.820. The summed E-state index contributed by atoms with van der Waals surface area (Å²) in [6.07, 6.45) is 2.57. The Balaban J connectivity index is 2.08. The molecule has 70 valence electrons. The maximum Gasteiger partial charge on any atom is 0.00445 e. The molecule has 0 spiro atoms. The molecule has 1 aliphatic heterocycles. The van der Waals surface area contributed by atoms with Crippen LogP contribution in [0, 0.1) is 0 Å². The van der Waals surface area contributed by atoms with E-state index in [-0.39, 0.29) is 0 Å². The topological polar surface area (TPSA) is 12.0 Å². The zero-order valence-electron chi connectivity index (χ0n) is 8.16. The van der Waals surface area contributed by atoms with Gasteiger partial charge in [0.15, 0.2) is 0 Å². The van der Waals surface area contributed by atoms with E-state index in [1.54, 1.807) is 0 Å². The molecule has 1 aromatic rings. The van der Waals surface area contributed by atoms with Gasteiger partial charge in [0.05, 0.1) is 0 Å². The van der Waals surface area contributed by atoms with Crippen LogP contribution >= 0.6 is 0 Å². The second-order valence-corrected chi connectivity index (χ2v) is 3.99. The molecule has 0 aliphatic carbocycles. The molecule has 0 radical (unpaired) electrons. The fourth-order valence-electron chi connectivity index (χ4n) is 2.16. The van der Waals surface area contributed by atoms with Gasteiger partial charge in [-0.3, -0.25) is 0 Å². The molecular formula is C12H17N. The lowest BCUT2D eigenvalue weighted by atomic mass is 9.87. The van der Waals surface area contributed by atoms with E-state index in [4.69, 9.17) is 0 Å². The minimum Gasteiger partial charge on any atom is -0.314 e. The molecule has 1 aromatic carbocycles. The van der Waals surface area contributed by atoms with E-state index in [0.717, 1.165) is 5.92 Å². The summed E-state index contributed by atoms with van der Waals surface area (Å²) in [5.74, 6) is 0.775. The number of nitrogens with one attached hydrogen (secondary N) is 1. The summed E-state index contributed by atoms with van der Waals surface area (Å²) in [6.45, 7) is 3.44. The Labute approximate surface area is 80.2 Å². The van der Waals surface area contributed by atoms with Gasteiger partial charge in [-0.25, -0.2) is 0 Å². The zero-order valence-corrected chi connectivity index (χ0v) is 8.16. The number of piperidine rings is 1. The summed E-state index contributed by atoms with van der Waals surface area (Å²) >= 11 is 0. The highest BCUT2D eigenvalue weighted by atomic mass is 14.9. The van der Waals surface area contributed by atoms with Crippen molar-refractivity contribution in [3.8, 4) is 0 Å². The van der Waals surface area contributed by atoms with Crippen LogP contribution in [0.2, 0.25) is 0 Å². The van der Waals surface area contributed by atoms with Gasteiger partial charge in [0.25, 0.3) is 0 Å². The number of benzene rings is 1. The molecular weight excluding hydrogens is 158 g/mol. The summed E-state index contributed by atoms with van der Waals surface area (Å²) < 4.78 is 0. The maximum absolute atomic E-state index is 3.48. The lowest BCUT2D eigenvalue weighted by Gasteiger charge is -2.28. The highest BCUT2D eigenvalue weighted by molar-refractivity contribution is 5.20. The smallest absolute Gasteiger partial charge is 0.00445 e. The maximum atomic E-state index is 3.48. The largest absolute Gasteiger partial charge is 0.314 e. The van der Waals surface area contributed by atoms with Gasteiger partial charge in [-0.15, -0.1) is 0 Å². The van der Waals surface area contributed by atoms with Crippen LogP contribution in [-0.2, 0) is 0 Å². The molecule has 1 fully saturated rings. The van der Waals surface area contributed by atoms with Crippen LogP contribution in [0.3, 0.4) is 0 Å². The molecule has 1 heterocycles. The van der Waals surface area contributed by atoms with Crippen LogP contribution in [0.15, 0.2) is 30.3 Å². The van der Waals surface area contributed by atoms with Crippen LogP contribution in [0.25, 0.3) is 0 Å². The second-order valence-electron chi connectivity index (χ2n) is 3.99. The highest BCUT2D eigenvalue weighted by Crippen LogP contribution is 2.26. The van der Waals surface area contributed by atoms with Gasteiger partial charge in [-0.05, 0) is 37.8 Å². The van der Waals surface area contributed by atoms with Gasteiger partial charge in [-0.2, -0.15) is 0 Å². The fourth-order valence-corrected chi connectivity index (χ4v) is 2.16. The quantitative estimate of drug-likeness (QED) is 0.691. The molecule has 1 N–H and O–H groups in total. The van der Waals surface area contributed by atoms with E-state index in [2.05, 4.69) is 42.6 Å². The van der Waals surface area contributed by atoms with Crippen molar-refractivity contribution in [2.45, 2.75) is 31.7 Å². The molecule has 13 heavy (non-hydrogen) atoms. The van der Waals surface area contributed by atoms with Crippen LogP contribution in [0.1, 0.15) is 31.2 Å². The van der Waals surface area contributed by atoms with Crippen LogP contribution in [0.4, 0.5) is 0 Å². The first kappa shape index (κ1) is 8.76. The number of hydrogen-bond acceptors (Lipinski definition) is 1. The Morgan fingerprint density at radius 1 is 1.23 bits per heavy atom. The summed E-state index contributed by atoms with van der Waals surface area (Å²) in [5.41, 5.74) is 1.51. The molecule has 1 aliphatic rings. The van der Waals surface area contributed by atoms with Gasteiger partial charge in [0, 0.05) is 6.04 Å². The number of hydrogen-bond donors (Lipinski definition) is 1. The lowest BCUT2D eigenvalue weighted by molar-refractivity contribution is 0.381. The second kappa shape index (κ2) is 3.93. The van der Waals surface area contributed by atoms with Crippen molar-refractivity contribution < 1.29 is 0 Å². The van der Waals surface area contributed by atoms with Gasteiger partial charge in [-0.1, -0.05) is 30.3 Å². The summed E-state index contributed by atoms with van der Waals surface area (Å²) in [7, 11) is 0. The van der Waals surface area contributed by atoms with E-state index >= 15 is 0 Å². The van der Waals surface area contributed by atoms with Crippen molar-refractivity contribution in [1.82, 2.24) is 5.32 Å². The Morgan fingerprint density at radius 2 is 2.00 bits per heavy atom. The molecule has 1 nitrogen and oxygen atoms in total. The first-order valence-corrected chi connectivity index (χ1v) is 5.14. The van der Waals surface area contributed by atoms with Gasteiger partial charge in [0.2, 0.25) is 0 Å². The summed E-state index contributed by atoms with van der Waals surface area (Å²) in [4.78, 5) is 0. The predicted molar refractivity (Wildman–Crippen MR) is 55.9 cm³/mol. The third-order valence-electron chi connectivity index (χ3n) is 2.89. The van der Waals surface area contributed by atoms with Gasteiger partial charge in [0.1, 0.15) is 0 Å². The van der Waals surface area contributed by atoms with Crippen LogP contribution < -0.4 is 5.32 Å². The van der Waals surface area contributed by atoms with Crippen molar-refractivity contribution >= 4 is 0 Å². The minimum atomic E-state index is 0.680. The molecule has 0 aromatic heterocycles. The third-order valence-corrected chi connectivity index (χ3v) is 2.89. The van der Waals surface area contributed by atoms with Crippen LogP contribution in [-0.4, -0.2) is 12.6 Å². The average Bonchev–Trinajstić information content (AvgIpc) is 2.19. The van der Waals surface area contributed by atoms with E-state index in [9.17, 15) is 0 Å². The Bertz CT molecular complexity index is 255. The minimum absolute atomic E-state index is 0.680. The first-order chi connectivity index (χ1) is 6.36. The predicted octanol–water partition coefficient (Wildman–Crippen LogP) is 2.54. The van der Waals surface area contributed by atoms with Crippen molar-refractivity contribution in [2.24, 2.45) is 0 Å². The highest BCUT2D eigenvalue weighted by Gasteiger charge is 2.18. The molecule has 0 unspecified atom stereocenters. The molecule has 0 bridgehead atoms. The van der Waals surface area contributed by atoms with Gasteiger partial charge < -0.3 is 5.32 Å². The molecule has 2 rings (SSSR count). The Kier molecular flexibility index (Phi) is 2.65. The fraction of sp³-hybridized carbons (Fsp3) is 0.500. The number of rotatable bonds is 1. The molecule has 0 saturated carbocycles. The van der Waals surface area contributed by atoms with Crippen LogP contribution in [0.5, 0.6) is 0 Å². The Morgan fingerprint density at radius 3 is 2.69 bits per heavy atom. The van der Waals surface area contributed by atoms with Gasteiger partial charge >= 0.3 is 0 Å². The summed E-state index contributed by atoms with van der Waals surface area (Å²) in [5, 5.41) is 3.48. The average molecular weight is 175 g/mol. The first-order valence-electron chi connectivity index (χ1n) is 5.14. The zero-order chi connectivity index (χ0) is 9.10. The molecule has 1 heteroatoms. The normalized spacial score (nSPS) is 28.7. The van der Waals surface area contributed by atoms with E-state index in [1.807, 2.05) is 0 Å². The SMILES string of the molecule is C[C@@H]1C[C@H](c2ccccc2)CCN1. The van der Waals surface area contributed by atoms with Crippen molar-refractivity contribution in [2.75, 3.05) is 6.54 Å². The molecule has 2 atom stereocenters. The lowest BCUT2D eigenvalue weighted by Crippen LogP contribution is -2.34. The van der Waals surface area contributed by atoms with Crippen molar-refractivity contribution in [3.63, 3.8) is 0 Å². The van der Waals surface area contributed by atoms with E-state index in [1.165, 1.54) is 24.9 Å². The summed E-state index contributed by atoms with van der Waals surface area (Å²) in [6, 6.07) is 11.6. The molecule has 0 amide bonds. The molecule has 1 saturated heterocycles.